The summed E-state index contributed by atoms with van der Waals surface area (Å²) >= 11 is 0. The predicted molar refractivity (Wildman–Crippen MR) is 130 cm³/mol. The molecule has 1 aliphatic heterocycles. The number of nitrogens with zero attached hydrogens (tertiary/aromatic N) is 1. The molecule has 2 aliphatic rings. The van der Waals surface area contributed by atoms with Crippen molar-refractivity contribution in [2.75, 3.05) is 14.2 Å². The second-order valence-electron chi connectivity index (χ2n) is 9.39. The van der Waals surface area contributed by atoms with Crippen molar-refractivity contribution in [1.82, 2.24) is 10.2 Å². The Morgan fingerprint density at radius 3 is 2.09 bits per heavy atom. The smallest absolute Gasteiger partial charge is 0.311 e. The summed E-state index contributed by atoms with van der Waals surface area (Å²) in [5.74, 6) is -1.43. The van der Waals surface area contributed by atoms with Crippen molar-refractivity contribution < 1.29 is 19.1 Å². The molecule has 2 aromatic rings. The fraction of sp³-hybridized carbons (Fsp3) is 0.464. The Morgan fingerprint density at radius 1 is 0.941 bits per heavy atom. The van der Waals surface area contributed by atoms with Gasteiger partial charge in [0.1, 0.15) is 6.04 Å². The lowest BCUT2D eigenvalue weighted by Gasteiger charge is -2.31. The second kappa shape index (κ2) is 10.9. The van der Waals surface area contributed by atoms with Crippen LogP contribution in [0, 0.1) is 11.8 Å². The summed E-state index contributed by atoms with van der Waals surface area (Å²) in [7, 11) is 2.94. The minimum atomic E-state index is -0.808. The van der Waals surface area contributed by atoms with Crippen molar-refractivity contribution in [2.24, 2.45) is 11.8 Å². The summed E-state index contributed by atoms with van der Waals surface area (Å²) in [4.78, 5) is 42.2. The van der Waals surface area contributed by atoms with E-state index < -0.39 is 29.9 Å². The molecule has 4 unspecified atom stereocenters. The average Bonchev–Trinajstić information content (AvgIpc) is 3.53. The number of benzene rings is 2. The number of ether oxygens (including phenoxy) is 1. The van der Waals surface area contributed by atoms with Crippen molar-refractivity contribution in [1.29, 1.82) is 0 Å². The molecule has 1 saturated heterocycles. The Hall–Kier alpha value is -3.15. The highest BCUT2D eigenvalue weighted by Gasteiger charge is 2.57. The van der Waals surface area contributed by atoms with E-state index in [4.69, 9.17) is 4.74 Å². The number of hydrogen-bond donors (Lipinski definition) is 1. The van der Waals surface area contributed by atoms with Crippen molar-refractivity contribution >= 4 is 17.8 Å². The van der Waals surface area contributed by atoms with Crippen LogP contribution >= 0.6 is 0 Å². The molecule has 4 atom stereocenters. The van der Waals surface area contributed by atoms with Crippen LogP contribution in [0.4, 0.5) is 0 Å². The van der Waals surface area contributed by atoms with Gasteiger partial charge in [0.15, 0.2) is 0 Å². The zero-order chi connectivity index (χ0) is 24.1. The largest absolute Gasteiger partial charge is 0.469 e. The summed E-state index contributed by atoms with van der Waals surface area (Å²) < 4.78 is 5.26. The molecule has 1 heterocycles. The zero-order valence-corrected chi connectivity index (χ0v) is 20.0. The number of rotatable bonds is 7. The van der Waals surface area contributed by atoms with Gasteiger partial charge < -0.3 is 15.0 Å². The fourth-order valence-corrected chi connectivity index (χ4v) is 5.91. The number of carbonyl (C=O) groups excluding carboxylic acids is 3. The van der Waals surface area contributed by atoms with Crippen LogP contribution in [0.5, 0.6) is 0 Å². The molecule has 0 bridgehead atoms. The minimum Gasteiger partial charge on any atom is -0.469 e. The maximum atomic E-state index is 13.8. The van der Waals surface area contributed by atoms with E-state index in [9.17, 15) is 14.4 Å². The highest BCUT2D eigenvalue weighted by atomic mass is 16.5. The molecule has 6 nitrogen and oxygen atoms in total. The highest BCUT2D eigenvalue weighted by Crippen LogP contribution is 2.51. The fourth-order valence-electron chi connectivity index (χ4n) is 5.91. The summed E-state index contributed by atoms with van der Waals surface area (Å²) in [6, 6.07) is 17.7. The van der Waals surface area contributed by atoms with Gasteiger partial charge >= 0.3 is 5.97 Å². The molecular weight excluding hydrogens is 428 g/mol. The first-order valence-electron chi connectivity index (χ1n) is 12.3. The van der Waals surface area contributed by atoms with E-state index in [2.05, 4.69) is 5.32 Å². The van der Waals surface area contributed by atoms with Gasteiger partial charge in [-0.05, 0) is 23.5 Å². The van der Waals surface area contributed by atoms with Crippen LogP contribution < -0.4 is 5.32 Å². The second-order valence-corrected chi connectivity index (χ2v) is 9.39. The quantitative estimate of drug-likeness (QED) is 0.625. The molecule has 1 saturated carbocycles. The van der Waals surface area contributed by atoms with Gasteiger partial charge in [-0.25, -0.2) is 0 Å². The van der Waals surface area contributed by atoms with Crippen molar-refractivity contribution in [2.45, 2.75) is 56.5 Å². The molecule has 0 aromatic heterocycles. The Bertz CT molecular complexity index is 988. The van der Waals surface area contributed by atoms with E-state index in [1.807, 2.05) is 60.7 Å². The average molecular weight is 463 g/mol. The van der Waals surface area contributed by atoms with Crippen LogP contribution in [-0.4, -0.2) is 42.9 Å². The van der Waals surface area contributed by atoms with E-state index in [0.717, 1.165) is 30.4 Å². The van der Waals surface area contributed by atoms with Gasteiger partial charge in [-0.15, -0.1) is 0 Å². The molecule has 0 radical (unpaired) electrons. The molecule has 180 valence electrons. The summed E-state index contributed by atoms with van der Waals surface area (Å²) in [6.45, 7) is 0. The van der Waals surface area contributed by atoms with Crippen LogP contribution in [0.2, 0.25) is 0 Å². The molecule has 1 aliphatic carbocycles. The maximum absolute atomic E-state index is 13.8. The van der Waals surface area contributed by atoms with Gasteiger partial charge in [-0.2, -0.15) is 0 Å². The minimum absolute atomic E-state index is 0.0818. The molecule has 2 fully saturated rings. The lowest BCUT2D eigenvalue weighted by Crippen LogP contribution is -2.47. The van der Waals surface area contributed by atoms with E-state index in [1.165, 1.54) is 20.0 Å². The molecule has 2 amide bonds. The predicted octanol–water partition coefficient (Wildman–Crippen LogP) is 4.23. The number of hydrogen-bond acceptors (Lipinski definition) is 4. The first-order chi connectivity index (χ1) is 16.6. The van der Waals surface area contributed by atoms with E-state index in [1.54, 1.807) is 11.9 Å². The monoisotopic (exact) mass is 462 g/mol. The van der Waals surface area contributed by atoms with Gasteiger partial charge in [-0.1, -0.05) is 86.3 Å². The number of amides is 2. The van der Waals surface area contributed by atoms with Gasteiger partial charge in [-0.3, -0.25) is 14.4 Å². The normalized spacial score (nSPS) is 24.7. The lowest BCUT2D eigenvalue weighted by molar-refractivity contribution is -0.147. The number of esters is 1. The summed E-state index contributed by atoms with van der Waals surface area (Å²) in [5, 5.41) is 2.75. The van der Waals surface area contributed by atoms with Crippen molar-refractivity contribution in [3.63, 3.8) is 0 Å². The van der Waals surface area contributed by atoms with E-state index in [0.29, 0.717) is 12.3 Å². The lowest BCUT2D eigenvalue weighted by atomic mass is 9.80. The van der Waals surface area contributed by atoms with Gasteiger partial charge in [0, 0.05) is 19.4 Å². The molecule has 0 spiro atoms. The number of carbonyl (C=O) groups is 3. The van der Waals surface area contributed by atoms with Gasteiger partial charge in [0.05, 0.1) is 19.1 Å². The van der Waals surface area contributed by atoms with Crippen molar-refractivity contribution in [3.8, 4) is 0 Å². The highest BCUT2D eigenvalue weighted by molar-refractivity contribution is 5.92. The third-order valence-corrected chi connectivity index (χ3v) is 7.51. The van der Waals surface area contributed by atoms with Gasteiger partial charge in [0.25, 0.3) is 0 Å². The number of likely N-dealkylation sites (tertiary alicyclic amines) is 1. The topological polar surface area (TPSA) is 75.7 Å². The zero-order valence-electron chi connectivity index (χ0n) is 20.0. The van der Waals surface area contributed by atoms with Crippen LogP contribution in [0.1, 0.15) is 61.6 Å². The third kappa shape index (κ3) is 4.72. The Kier molecular flexibility index (Phi) is 7.66. The Labute approximate surface area is 201 Å². The molecule has 2 aromatic carbocycles. The van der Waals surface area contributed by atoms with Crippen LogP contribution in [0.15, 0.2) is 60.7 Å². The Balaban J connectivity index is 1.81. The molecular formula is C28H34N2O4. The summed E-state index contributed by atoms with van der Waals surface area (Å²) in [5.41, 5.74) is 1.68. The van der Waals surface area contributed by atoms with Gasteiger partial charge in [0.2, 0.25) is 11.8 Å². The van der Waals surface area contributed by atoms with Crippen LogP contribution in [0.25, 0.3) is 0 Å². The third-order valence-electron chi connectivity index (χ3n) is 7.51. The van der Waals surface area contributed by atoms with Crippen LogP contribution in [-0.2, 0) is 19.1 Å². The Morgan fingerprint density at radius 2 is 1.53 bits per heavy atom. The maximum Gasteiger partial charge on any atom is 0.311 e. The van der Waals surface area contributed by atoms with E-state index in [-0.39, 0.29) is 11.8 Å². The number of nitrogens with one attached hydrogen (secondary N) is 1. The number of likely N-dealkylation sites (N-methyl/N-ethyl adjacent to an activating group) is 1. The molecule has 6 heteroatoms. The SMILES string of the molecule is CNC(=O)C1C(c2ccccc2)C(C(=O)OC)C(c2ccccc2)N1C(=O)CCC1CCCC1. The first kappa shape index (κ1) is 24.0. The molecule has 4 rings (SSSR count). The standard InChI is InChI=1S/C28H34N2O4/c1-29-27(32)26-23(20-13-5-3-6-14-20)24(28(33)34-2)25(21-15-7-4-8-16-21)30(26)22(31)18-17-19-11-9-10-12-19/h3-8,13-16,19,23-26H,9-12,17-18H2,1-2H3,(H,29,32). The summed E-state index contributed by atoms with van der Waals surface area (Å²) in [6.07, 6.45) is 5.94. The number of methoxy groups -OCH3 is 1. The first-order valence-corrected chi connectivity index (χ1v) is 12.3. The van der Waals surface area contributed by atoms with Crippen molar-refractivity contribution in [3.05, 3.63) is 71.8 Å². The molecule has 34 heavy (non-hydrogen) atoms. The van der Waals surface area contributed by atoms with E-state index >= 15 is 0 Å². The molecule has 1 N–H and O–H groups in total. The van der Waals surface area contributed by atoms with Crippen LogP contribution in [0.3, 0.4) is 0 Å².